The molecule has 15 heavy (non-hydrogen) atoms. The van der Waals surface area contributed by atoms with Gasteiger partial charge in [-0.2, -0.15) is 5.10 Å². The SMILES string of the molecule is O=Cc1cn[nH]c1CCc1ccccc1. The fraction of sp³-hybridized carbons (Fsp3) is 0.167. The molecule has 0 saturated heterocycles. The van der Waals surface area contributed by atoms with Crippen LogP contribution < -0.4 is 0 Å². The van der Waals surface area contributed by atoms with Crippen molar-refractivity contribution >= 4 is 6.29 Å². The Kier molecular flexibility index (Phi) is 2.93. The maximum absolute atomic E-state index is 10.6. The lowest BCUT2D eigenvalue weighted by atomic mass is 10.1. The van der Waals surface area contributed by atoms with E-state index in [-0.39, 0.29) is 0 Å². The third kappa shape index (κ3) is 2.31. The highest BCUT2D eigenvalue weighted by molar-refractivity contribution is 5.75. The number of H-pyrrole nitrogens is 1. The number of aldehydes is 1. The molecule has 1 N–H and O–H groups in total. The molecule has 0 saturated carbocycles. The predicted octanol–water partition coefficient (Wildman–Crippen LogP) is 2.01. The minimum Gasteiger partial charge on any atom is -0.298 e. The van der Waals surface area contributed by atoms with Crippen molar-refractivity contribution in [3.63, 3.8) is 0 Å². The zero-order chi connectivity index (χ0) is 10.5. The van der Waals surface area contributed by atoms with E-state index in [4.69, 9.17) is 0 Å². The van der Waals surface area contributed by atoms with Crippen molar-refractivity contribution < 1.29 is 4.79 Å². The van der Waals surface area contributed by atoms with E-state index in [1.807, 2.05) is 18.2 Å². The molecule has 76 valence electrons. The van der Waals surface area contributed by atoms with Crippen molar-refractivity contribution in [1.29, 1.82) is 0 Å². The lowest BCUT2D eigenvalue weighted by molar-refractivity contribution is 0.112. The molecule has 0 spiro atoms. The number of hydrogen-bond acceptors (Lipinski definition) is 2. The highest BCUT2D eigenvalue weighted by atomic mass is 16.1. The van der Waals surface area contributed by atoms with Gasteiger partial charge in [-0.1, -0.05) is 30.3 Å². The largest absolute Gasteiger partial charge is 0.298 e. The molecule has 0 amide bonds. The quantitative estimate of drug-likeness (QED) is 0.767. The molecule has 0 aliphatic heterocycles. The first-order chi connectivity index (χ1) is 7.40. The highest BCUT2D eigenvalue weighted by Gasteiger charge is 2.03. The van der Waals surface area contributed by atoms with Crippen molar-refractivity contribution in [2.24, 2.45) is 0 Å². The summed E-state index contributed by atoms with van der Waals surface area (Å²) >= 11 is 0. The molecule has 1 heterocycles. The van der Waals surface area contributed by atoms with Gasteiger partial charge in [-0.05, 0) is 18.4 Å². The zero-order valence-electron chi connectivity index (χ0n) is 8.31. The summed E-state index contributed by atoms with van der Waals surface area (Å²) in [6.07, 6.45) is 4.14. The van der Waals surface area contributed by atoms with Gasteiger partial charge in [-0.25, -0.2) is 0 Å². The van der Waals surface area contributed by atoms with Crippen LogP contribution >= 0.6 is 0 Å². The van der Waals surface area contributed by atoms with Crippen LogP contribution in [0.4, 0.5) is 0 Å². The molecule has 0 aliphatic rings. The van der Waals surface area contributed by atoms with E-state index in [9.17, 15) is 4.79 Å². The van der Waals surface area contributed by atoms with Crippen LogP contribution in [0.15, 0.2) is 36.5 Å². The summed E-state index contributed by atoms with van der Waals surface area (Å²) in [4.78, 5) is 10.6. The Balaban J connectivity index is 2.02. The number of nitrogens with one attached hydrogen (secondary N) is 1. The average molecular weight is 200 g/mol. The Bertz CT molecular complexity index is 434. The summed E-state index contributed by atoms with van der Waals surface area (Å²) in [5.41, 5.74) is 2.84. The summed E-state index contributed by atoms with van der Waals surface area (Å²) in [5, 5.41) is 6.69. The molecule has 2 aromatic rings. The number of nitrogens with zero attached hydrogens (tertiary/aromatic N) is 1. The normalized spacial score (nSPS) is 10.1. The van der Waals surface area contributed by atoms with Gasteiger partial charge in [0.05, 0.1) is 11.8 Å². The van der Waals surface area contributed by atoms with Crippen molar-refractivity contribution in [3.8, 4) is 0 Å². The summed E-state index contributed by atoms with van der Waals surface area (Å²) in [6, 6.07) is 10.2. The highest BCUT2D eigenvalue weighted by Crippen LogP contribution is 2.07. The molecule has 2 rings (SSSR count). The van der Waals surface area contributed by atoms with Gasteiger partial charge in [0, 0.05) is 5.69 Å². The van der Waals surface area contributed by atoms with Gasteiger partial charge in [-0.15, -0.1) is 0 Å². The number of aromatic nitrogens is 2. The number of hydrogen-bond donors (Lipinski definition) is 1. The van der Waals surface area contributed by atoms with Crippen molar-refractivity contribution in [1.82, 2.24) is 10.2 Å². The van der Waals surface area contributed by atoms with E-state index in [1.54, 1.807) is 6.20 Å². The third-order valence-corrected chi connectivity index (χ3v) is 2.39. The van der Waals surface area contributed by atoms with E-state index < -0.39 is 0 Å². The summed E-state index contributed by atoms with van der Waals surface area (Å²) in [7, 11) is 0. The maximum atomic E-state index is 10.6. The van der Waals surface area contributed by atoms with E-state index in [0.717, 1.165) is 24.8 Å². The number of rotatable bonds is 4. The van der Waals surface area contributed by atoms with Crippen LogP contribution in [0.25, 0.3) is 0 Å². The Morgan fingerprint density at radius 1 is 1.20 bits per heavy atom. The molecular weight excluding hydrogens is 188 g/mol. The maximum Gasteiger partial charge on any atom is 0.153 e. The first-order valence-electron chi connectivity index (χ1n) is 4.91. The predicted molar refractivity (Wildman–Crippen MR) is 57.8 cm³/mol. The standard InChI is InChI=1S/C12H12N2O/c15-9-11-8-13-14-12(11)7-6-10-4-2-1-3-5-10/h1-5,8-9H,6-7H2,(H,13,14). The first kappa shape index (κ1) is 9.65. The molecule has 0 aliphatic carbocycles. The molecule has 0 fully saturated rings. The summed E-state index contributed by atoms with van der Waals surface area (Å²) in [6.45, 7) is 0. The van der Waals surface area contributed by atoms with Gasteiger partial charge < -0.3 is 0 Å². The second-order valence-corrected chi connectivity index (χ2v) is 3.41. The molecule has 3 heteroatoms. The Hall–Kier alpha value is -1.90. The van der Waals surface area contributed by atoms with Gasteiger partial charge >= 0.3 is 0 Å². The molecule has 0 bridgehead atoms. The van der Waals surface area contributed by atoms with Crippen LogP contribution in [0, 0.1) is 0 Å². The van der Waals surface area contributed by atoms with Crippen LogP contribution in [-0.2, 0) is 12.8 Å². The zero-order valence-corrected chi connectivity index (χ0v) is 8.31. The van der Waals surface area contributed by atoms with Gasteiger partial charge in [0.2, 0.25) is 0 Å². The molecule has 3 nitrogen and oxygen atoms in total. The first-order valence-corrected chi connectivity index (χ1v) is 4.91. The van der Waals surface area contributed by atoms with E-state index in [1.165, 1.54) is 5.56 Å². The van der Waals surface area contributed by atoms with Gasteiger partial charge in [0.25, 0.3) is 0 Å². The van der Waals surface area contributed by atoms with Crippen molar-refractivity contribution in [2.75, 3.05) is 0 Å². The van der Waals surface area contributed by atoms with Gasteiger partial charge in [-0.3, -0.25) is 9.89 Å². The van der Waals surface area contributed by atoms with Crippen LogP contribution in [0.1, 0.15) is 21.6 Å². The minimum absolute atomic E-state index is 0.658. The molecule has 0 atom stereocenters. The van der Waals surface area contributed by atoms with Crippen molar-refractivity contribution in [2.45, 2.75) is 12.8 Å². The van der Waals surface area contributed by atoms with Crippen LogP contribution in [0.5, 0.6) is 0 Å². The topological polar surface area (TPSA) is 45.8 Å². The third-order valence-electron chi connectivity index (χ3n) is 2.39. The molecule has 1 aromatic heterocycles. The smallest absolute Gasteiger partial charge is 0.153 e. The number of carbonyl (C=O) groups excluding carboxylic acids is 1. The summed E-state index contributed by atoms with van der Waals surface area (Å²) in [5.74, 6) is 0. The van der Waals surface area contributed by atoms with Crippen molar-refractivity contribution in [3.05, 3.63) is 53.3 Å². The lowest BCUT2D eigenvalue weighted by Gasteiger charge is -1.99. The second-order valence-electron chi connectivity index (χ2n) is 3.41. The number of aromatic amines is 1. The number of aryl methyl sites for hydroxylation is 2. The van der Waals surface area contributed by atoms with Crippen LogP contribution in [0.3, 0.4) is 0 Å². The second kappa shape index (κ2) is 4.55. The monoisotopic (exact) mass is 200 g/mol. The Morgan fingerprint density at radius 2 is 2.00 bits per heavy atom. The minimum atomic E-state index is 0.658. The molecule has 0 radical (unpaired) electrons. The number of carbonyl (C=O) groups is 1. The van der Waals surface area contributed by atoms with E-state index >= 15 is 0 Å². The summed E-state index contributed by atoms with van der Waals surface area (Å²) < 4.78 is 0. The molecule has 1 aromatic carbocycles. The fourth-order valence-electron chi connectivity index (χ4n) is 1.54. The van der Waals surface area contributed by atoms with Crippen LogP contribution in [0.2, 0.25) is 0 Å². The van der Waals surface area contributed by atoms with Crippen LogP contribution in [-0.4, -0.2) is 16.5 Å². The van der Waals surface area contributed by atoms with Gasteiger partial charge in [0.15, 0.2) is 6.29 Å². The Morgan fingerprint density at radius 3 is 2.73 bits per heavy atom. The van der Waals surface area contributed by atoms with E-state index in [2.05, 4.69) is 22.3 Å². The average Bonchev–Trinajstić information content (AvgIpc) is 2.75. The molecule has 0 unspecified atom stereocenters. The number of benzene rings is 1. The molecular formula is C12H12N2O. The van der Waals surface area contributed by atoms with E-state index in [0.29, 0.717) is 5.56 Å². The fourth-order valence-corrected chi connectivity index (χ4v) is 1.54. The lowest BCUT2D eigenvalue weighted by Crippen LogP contribution is -1.94. The van der Waals surface area contributed by atoms with Gasteiger partial charge in [0.1, 0.15) is 0 Å². The Labute approximate surface area is 88.1 Å².